The van der Waals surface area contributed by atoms with Gasteiger partial charge in [0.2, 0.25) is 0 Å². The number of aromatic carboxylic acids is 1. The predicted octanol–water partition coefficient (Wildman–Crippen LogP) is 3.07. The van der Waals surface area contributed by atoms with Crippen molar-refractivity contribution in [3.63, 3.8) is 0 Å². The van der Waals surface area contributed by atoms with Gasteiger partial charge in [0.15, 0.2) is 5.82 Å². The minimum absolute atomic E-state index is 0.262. The number of thiophene rings is 1. The van der Waals surface area contributed by atoms with Gasteiger partial charge in [-0.1, -0.05) is 6.07 Å². The van der Waals surface area contributed by atoms with Crippen LogP contribution in [0.3, 0.4) is 0 Å². The van der Waals surface area contributed by atoms with Crippen molar-refractivity contribution < 1.29 is 9.90 Å². The van der Waals surface area contributed by atoms with E-state index in [0.717, 1.165) is 21.9 Å². The number of carboxylic acid groups (broad SMARTS) is 1. The number of hydrogen-bond donors (Lipinski definition) is 1. The number of hydrogen-bond acceptors (Lipinski definition) is 3. The second kappa shape index (κ2) is 3.96. The maximum Gasteiger partial charge on any atom is 0.337 e. The standard InChI is InChI=1S/C13H10N2O2S/c1-8-10-5-4-9(13(16)17)7-15(10)12(14-8)11-3-2-6-18-11/h2-7H,1H3,(H,16,17). The normalized spacial score (nSPS) is 10.9. The first-order chi connectivity index (χ1) is 8.66. The Balaban J connectivity index is 2.32. The van der Waals surface area contributed by atoms with Crippen molar-refractivity contribution in [3.8, 4) is 10.7 Å². The van der Waals surface area contributed by atoms with E-state index < -0.39 is 5.97 Å². The summed E-state index contributed by atoms with van der Waals surface area (Å²) in [4.78, 5) is 16.6. The van der Waals surface area contributed by atoms with Gasteiger partial charge in [-0.25, -0.2) is 9.78 Å². The van der Waals surface area contributed by atoms with Crippen LogP contribution in [0, 0.1) is 6.92 Å². The van der Waals surface area contributed by atoms with E-state index in [4.69, 9.17) is 5.11 Å². The van der Waals surface area contributed by atoms with Gasteiger partial charge in [0.1, 0.15) is 0 Å². The number of imidazole rings is 1. The number of pyridine rings is 1. The second-order valence-corrected chi connectivity index (χ2v) is 4.92. The van der Waals surface area contributed by atoms with Crippen LogP contribution in [0.15, 0.2) is 35.8 Å². The molecule has 0 fully saturated rings. The molecule has 3 aromatic rings. The second-order valence-electron chi connectivity index (χ2n) is 3.98. The van der Waals surface area contributed by atoms with Crippen LogP contribution in [-0.2, 0) is 0 Å². The topological polar surface area (TPSA) is 54.6 Å². The lowest BCUT2D eigenvalue weighted by Crippen LogP contribution is -1.99. The molecule has 0 radical (unpaired) electrons. The largest absolute Gasteiger partial charge is 0.478 e. The summed E-state index contributed by atoms with van der Waals surface area (Å²) in [5.41, 5.74) is 2.09. The Labute approximate surface area is 107 Å². The van der Waals surface area contributed by atoms with Gasteiger partial charge >= 0.3 is 5.97 Å². The zero-order chi connectivity index (χ0) is 12.7. The molecule has 18 heavy (non-hydrogen) atoms. The van der Waals surface area contributed by atoms with Crippen molar-refractivity contribution in [1.82, 2.24) is 9.38 Å². The molecule has 0 saturated carbocycles. The van der Waals surface area contributed by atoms with Crippen LogP contribution in [0.25, 0.3) is 16.2 Å². The van der Waals surface area contributed by atoms with Crippen molar-refractivity contribution in [3.05, 3.63) is 47.1 Å². The van der Waals surface area contributed by atoms with E-state index in [0.29, 0.717) is 0 Å². The lowest BCUT2D eigenvalue weighted by Gasteiger charge is -2.00. The molecule has 4 nitrogen and oxygen atoms in total. The Hall–Kier alpha value is -2.14. The van der Waals surface area contributed by atoms with Gasteiger partial charge < -0.3 is 5.11 Å². The minimum atomic E-state index is -0.930. The summed E-state index contributed by atoms with van der Waals surface area (Å²) >= 11 is 1.59. The Morgan fingerprint density at radius 1 is 1.39 bits per heavy atom. The van der Waals surface area contributed by atoms with Crippen LogP contribution >= 0.6 is 11.3 Å². The molecule has 0 unspecified atom stereocenters. The minimum Gasteiger partial charge on any atom is -0.478 e. The molecule has 3 heterocycles. The third kappa shape index (κ3) is 1.60. The maximum absolute atomic E-state index is 11.0. The Kier molecular flexibility index (Phi) is 2.41. The molecule has 0 bridgehead atoms. The number of carboxylic acids is 1. The smallest absolute Gasteiger partial charge is 0.337 e. The molecule has 0 aliphatic carbocycles. The van der Waals surface area contributed by atoms with E-state index in [1.807, 2.05) is 28.8 Å². The lowest BCUT2D eigenvalue weighted by atomic mass is 10.2. The number of carbonyl (C=O) groups is 1. The summed E-state index contributed by atoms with van der Waals surface area (Å²) in [6.45, 7) is 1.92. The predicted molar refractivity (Wildman–Crippen MR) is 70.2 cm³/mol. The van der Waals surface area contributed by atoms with Crippen LogP contribution < -0.4 is 0 Å². The monoisotopic (exact) mass is 258 g/mol. The first kappa shape index (κ1) is 11.0. The van der Waals surface area contributed by atoms with Crippen molar-refractivity contribution in [2.75, 3.05) is 0 Å². The molecule has 0 saturated heterocycles. The molecule has 3 aromatic heterocycles. The van der Waals surface area contributed by atoms with E-state index in [2.05, 4.69) is 4.98 Å². The van der Waals surface area contributed by atoms with Gasteiger partial charge in [-0.15, -0.1) is 11.3 Å². The van der Waals surface area contributed by atoms with E-state index in [1.54, 1.807) is 29.7 Å². The molecule has 0 aliphatic rings. The average molecular weight is 258 g/mol. The average Bonchev–Trinajstić information content (AvgIpc) is 2.97. The Bertz CT molecular complexity index is 729. The van der Waals surface area contributed by atoms with Gasteiger partial charge in [-0.2, -0.15) is 0 Å². The first-order valence-corrected chi connectivity index (χ1v) is 6.30. The first-order valence-electron chi connectivity index (χ1n) is 5.42. The number of aromatic nitrogens is 2. The molecule has 3 rings (SSSR count). The van der Waals surface area contributed by atoms with E-state index >= 15 is 0 Å². The quantitative estimate of drug-likeness (QED) is 0.768. The SMILES string of the molecule is Cc1nc(-c2cccs2)n2cc(C(=O)O)ccc12. The van der Waals surface area contributed by atoms with E-state index in [9.17, 15) is 4.79 Å². The highest BCUT2D eigenvalue weighted by Crippen LogP contribution is 2.26. The van der Waals surface area contributed by atoms with Crippen LogP contribution in [0.5, 0.6) is 0 Å². The summed E-state index contributed by atoms with van der Waals surface area (Å²) in [6.07, 6.45) is 1.62. The van der Waals surface area contributed by atoms with Crippen molar-refractivity contribution in [1.29, 1.82) is 0 Å². The summed E-state index contributed by atoms with van der Waals surface area (Å²) < 4.78 is 1.84. The highest BCUT2D eigenvalue weighted by molar-refractivity contribution is 7.13. The van der Waals surface area contributed by atoms with E-state index in [-0.39, 0.29) is 5.56 Å². The molecule has 0 aliphatic heterocycles. The van der Waals surface area contributed by atoms with E-state index in [1.165, 1.54) is 0 Å². The Morgan fingerprint density at radius 3 is 2.89 bits per heavy atom. The summed E-state index contributed by atoms with van der Waals surface area (Å²) in [7, 11) is 0. The van der Waals surface area contributed by atoms with Gasteiger partial charge in [0.05, 0.1) is 21.7 Å². The molecule has 0 spiro atoms. The molecule has 5 heteroatoms. The molecular formula is C13H10N2O2S. The third-order valence-electron chi connectivity index (χ3n) is 2.81. The fraction of sp³-hybridized carbons (Fsp3) is 0.0769. The zero-order valence-electron chi connectivity index (χ0n) is 9.62. The van der Waals surface area contributed by atoms with Crippen LogP contribution in [0.4, 0.5) is 0 Å². The molecule has 0 aromatic carbocycles. The Morgan fingerprint density at radius 2 is 2.22 bits per heavy atom. The molecule has 90 valence electrons. The molecule has 0 amide bonds. The summed E-state index contributed by atoms with van der Waals surface area (Å²) in [6, 6.07) is 7.33. The number of rotatable bonds is 2. The zero-order valence-corrected chi connectivity index (χ0v) is 10.4. The van der Waals surface area contributed by atoms with Crippen molar-refractivity contribution in [2.24, 2.45) is 0 Å². The van der Waals surface area contributed by atoms with Gasteiger partial charge in [-0.05, 0) is 30.5 Å². The number of nitrogens with zero attached hydrogens (tertiary/aromatic N) is 2. The summed E-state index contributed by atoms with van der Waals surface area (Å²) in [5, 5.41) is 11.0. The van der Waals surface area contributed by atoms with Gasteiger partial charge in [0.25, 0.3) is 0 Å². The third-order valence-corrected chi connectivity index (χ3v) is 3.68. The highest BCUT2D eigenvalue weighted by Gasteiger charge is 2.12. The van der Waals surface area contributed by atoms with Crippen molar-refractivity contribution in [2.45, 2.75) is 6.92 Å². The van der Waals surface area contributed by atoms with Crippen LogP contribution in [-0.4, -0.2) is 20.5 Å². The molecular weight excluding hydrogens is 248 g/mol. The van der Waals surface area contributed by atoms with Crippen LogP contribution in [0.1, 0.15) is 16.1 Å². The maximum atomic E-state index is 11.0. The van der Waals surface area contributed by atoms with Crippen molar-refractivity contribution >= 4 is 22.8 Å². The lowest BCUT2D eigenvalue weighted by molar-refractivity contribution is 0.0696. The summed E-state index contributed by atoms with van der Waals surface area (Å²) in [5.74, 6) is -0.138. The molecule has 0 atom stereocenters. The molecule has 1 N–H and O–H groups in total. The fourth-order valence-electron chi connectivity index (χ4n) is 1.95. The van der Waals surface area contributed by atoms with Gasteiger partial charge in [-0.3, -0.25) is 4.40 Å². The van der Waals surface area contributed by atoms with Gasteiger partial charge in [0, 0.05) is 6.20 Å². The fourth-order valence-corrected chi connectivity index (χ4v) is 2.66. The van der Waals surface area contributed by atoms with Crippen LogP contribution in [0.2, 0.25) is 0 Å². The number of aryl methyl sites for hydroxylation is 1. The number of fused-ring (bicyclic) bond motifs is 1. The highest BCUT2D eigenvalue weighted by atomic mass is 32.1.